The minimum Gasteiger partial charge on any atom is -0.492 e. The molecule has 0 radical (unpaired) electrons. The summed E-state index contributed by atoms with van der Waals surface area (Å²) in [4.78, 5) is 36.6. The number of amides is 2. The van der Waals surface area contributed by atoms with Gasteiger partial charge in [0.1, 0.15) is 11.5 Å². The highest BCUT2D eigenvalue weighted by Gasteiger charge is 2.16. The Labute approximate surface area is 204 Å². The van der Waals surface area contributed by atoms with E-state index in [0.717, 1.165) is 0 Å². The van der Waals surface area contributed by atoms with Crippen LogP contribution in [-0.2, 0) is 4.79 Å². The fourth-order valence-corrected chi connectivity index (χ4v) is 3.30. The first kappa shape index (κ1) is 25.3. The number of benzene rings is 3. The van der Waals surface area contributed by atoms with Gasteiger partial charge in [-0.1, -0.05) is 18.2 Å². The van der Waals surface area contributed by atoms with E-state index in [0.29, 0.717) is 52.9 Å². The van der Waals surface area contributed by atoms with Crippen molar-refractivity contribution in [3.05, 3.63) is 77.9 Å². The Hall–Kier alpha value is -4.33. The van der Waals surface area contributed by atoms with Crippen LogP contribution < -0.4 is 25.4 Å². The molecule has 0 fully saturated rings. The summed E-state index contributed by atoms with van der Waals surface area (Å²) in [7, 11) is 0. The van der Waals surface area contributed by atoms with E-state index < -0.39 is 0 Å². The van der Waals surface area contributed by atoms with Crippen molar-refractivity contribution in [1.82, 2.24) is 0 Å². The minimum absolute atomic E-state index is 0.0319. The molecule has 0 atom stereocenters. The molecule has 0 spiro atoms. The highest BCUT2D eigenvalue weighted by atomic mass is 16.5. The molecule has 2 amide bonds. The van der Waals surface area contributed by atoms with Crippen molar-refractivity contribution in [2.45, 2.75) is 20.8 Å². The van der Waals surface area contributed by atoms with E-state index in [1.165, 1.54) is 6.92 Å². The normalized spacial score (nSPS) is 10.3. The first-order chi connectivity index (χ1) is 16.9. The number of rotatable bonds is 11. The van der Waals surface area contributed by atoms with Crippen molar-refractivity contribution >= 4 is 34.7 Å². The smallest absolute Gasteiger partial charge is 0.255 e. The van der Waals surface area contributed by atoms with Crippen LogP contribution in [0.15, 0.2) is 66.7 Å². The molecule has 3 N–H and O–H groups in total. The van der Waals surface area contributed by atoms with Crippen molar-refractivity contribution in [3.8, 4) is 11.5 Å². The average Bonchev–Trinajstić information content (AvgIpc) is 2.85. The molecule has 0 aliphatic rings. The van der Waals surface area contributed by atoms with Crippen LogP contribution in [0, 0.1) is 0 Å². The molecule has 0 aromatic heterocycles. The molecule has 0 aliphatic carbocycles. The van der Waals surface area contributed by atoms with Crippen LogP contribution in [0.5, 0.6) is 11.5 Å². The lowest BCUT2D eigenvalue weighted by molar-refractivity contribution is -0.114. The van der Waals surface area contributed by atoms with E-state index in [-0.39, 0.29) is 24.1 Å². The SMILES string of the molecule is CCOc1cc(NC(=O)c2ccccc2)c(OCC)cc1NCC(=O)Nc1ccc(C(C)=O)cc1. The van der Waals surface area contributed by atoms with Gasteiger partial charge in [0.05, 0.1) is 31.1 Å². The Morgan fingerprint density at radius 2 is 1.34 bits per heavy atom. The third-order valence-electron chi connectivity index (χ3n) is 4.98. The third kappa shape index (κ3) is 7.07. The third-order valence-corrected chi connectivity index (χ3v) is 4.98. The maximum atomic E-state index is 12.7. The van der Waals surface area contributed by atoms with Crippen LogP contribution in [0.3, 0.4) is 0 Å². The van der Waals surface area contributed by atoms with Crippen molar-refractivity contribution < 1.29 is 23.9 Å². The molecule has 0 saturated carbocycles. The summed E-state index contributed by atoms with van der Waals surface area (Å²) < 4.78 is 11.5. The van der Waals surface area contributed by atoms with Crippen LogP contribution in [-0.4, -0.2) is 37.4 Å². The Morgan fingerprint density at radius 3 is 1.94 bits per heavy atom. The van der Waals surface area contributed by atoms with Crippen LogP contribution in [0.4, 0.5) is 17.1 Å². The highest BCUT2D eigenvalue weighted by molar-refractivity contribution is 6.05. The van der Waals surface area contributed by atoms with Gasteiger partial charge >= 0.3 is 0 Å². The number of nitrogens with one attached hydrogen (secondary N) is 3. The maximum Gasteiger partial charge on any atom is 0.255 e. The van der Waals surface area contributed by atoms with E-state index in [1.54, 1.807) is 60.7 Å². The minimum atomic E-state index is -0.276. The molecular weight excluding hydrogens is 446 g/mol. The van der Waals surface area contributed by atoms with Crippen LogP contribution in [0.1, 0.15) is 41.5 Å². The van der Waals surface area contributed by atoms with E-state index in [9.17, 15) is 14.4 Å². The summed E-state index contributed by atoms with van der Waals surface area (Å²) in [5.74, 6) is 0.328. The van der Waals surface area contributed by atoms with Gasteiger partial charge in [0.25, 0.3) is 5.91 Å². The molecule has 0 heterocycles. The molecule has 8 nitrogen and oxygen atoms in total. The van der Waals surface area contributed by atoms with Gasteiger partial charge in [-0.3, -0.25) is 14.4 Å². The molecule has 0 unspecified atom stereocenters. The Balaban J connectivity index is 1.75. The quantitative estimate of drug-likeness (QED) is 0.338. The second kappa shape index (κ2) is 12.2. The second-order valence-electron chi connectivity index (χ2n) is 7.57. The zero-order valence-electron chi connectivity index (χ0n) is 20.0. The van der Waals surface area contributed by atoms with Crippen molar-refractivity contribution in [3.63, 3.8) is 0 Å². The van der Waals surface area contributed by atoms with Gasteiger partial charge in [-0.25, -0.2) is 0 Å². The Kier molecular flexibility index (Phi) is 8.83. The van der Waals surface area contributed by atoms with Crippen LogP contribution in [0.25, 0.3) is 0 Å². The predicted octanol–water partition coefficient (Wildman–Crippen LogP) is 4.99. The summed E-state index contributed by atoms with van der Waals surface area (Å²) in [6.07, 6.45) is 0. The molecule has 0 bridgehead atoms. The van der Waals surface area contributed by atoms with E-state index >= 15 is 0 Å². The first-order valence-corrected chi connectivity index (χ1v) is 11.4. The summed E-state index contributed by atoms with van der Waals surface area (Å²) in [6, 6.07) is 18.9. The fraction of sp³-hybridized carbons (Fsp3) is 0.222. The molecule has 0 saturated heterocycles. The lowest BCUT2D eigenvalue weighted by Crippen LogP contribution is -2.22. The van der Waals surface area contributed by atoms with Gasteiger partial charge in [0.2, 0.25) is 5.91 Å². The van der Waals surface area contributed by atoms with Crippen molar-refractivity contribution in [1.29, 1.82) is 0 Å². The van der Waals surface area contributed by atoms with E-state index in [1.807, 2.05) is 19.9 Å². The van der Waals surface area contributed by atoms with Crippen molar-refractivity contribution in [2.24, 2.45) is 0 Å². The number of hydrogen-bond acceptors (Lipinski definition) is 6. The maximum absolute atomic E-state index is 12.7. The van der Waals surface area contributed by atoms with E-state index in [2.05, 4.69) is 16.0 Å². The number of Topliss-reactive ketones (excluding diaryl/α,β-unsaturated/α-hetero) is 1. The predicted molar refractivity (Wildman–Crippen MR) is 137 cm³/mol. The topological polar surface area (TPSA) is 106 Å². The Bertz CT molecular complexity index is 1180. The molecule has 3 aromatic rings. The molecule has 35 heavy (non-hydrogen) atoms. The summed E-state index contributed by atoms with van der Waals surface area (Å²) in [5, 5.41) is 8.73. The largest absolute Gasteiger partial charge is 0.492 e. The van der Waals surface area contributed by atoms with Gasteiger partial charge in [0, 0.05) is 28.9 Å². The monoisotopic (exact) mass is 475 g/mol. The molecular formula is C27H29N3O5. The number of carbonyl (C=O) groups excluding carboxylic acids is 3. The average molecular weight is 476 g/mol. The number of ketones is 1. The molecule has 0 aliphatic heterocycles. The number of hydrogen-bond donors (Lipinski definition) is 3. The lowest BCUT2D eigenvalue weighted by atomic mass is 10.1. The van der Waals surface area contributed by atoms with Gasteiger partial charge in [-0.2, -0.15) is 0 Å². The second-order valence-corrected chi connectivity index (χ2v) is 7.57. The van der Waals surface area contributed by atoms with E-state index in [4.69, 9.17) is 9.47 Å². The molecule has 3 aromatic carbocycles. The zero-order chi connectivity index (χ0) is 25.2. The van der Waals surface area contributed by atoms with Crippen molar-refractivity contribution in [2.75, 3.05) is 35.7 Å². The number of carbonyl (C=O) groups is 3. The summed E-state index contributed by atoms with van der Waals surface area (Å²) in [6.45, 7) is 5.93. The molecule has 8 heteroatoms. The first-order valence-electron chi connectivity index (χ1n) is 11.4. The number of anilines is 3. The fourth-order valence-electron chi connectivity index (χ4n) is 3.30. The van der Waals surface area contributed by atoms with Gasteiger partial charge in [-0.05, 0) is 57.2 Å². The van der Waals surface area contributed by atoms with Gasteiger partial charge in [0.15, 0.2) is 5.78 Å². The molecule has 182 valence electrons. The number of ether oxygens (including phenoxy) is 2. The summed E-state index contributed by atoms with van der Waals surface area (Å²) >= 11 is 0. The summed E-state index contributed by atoms with van der Waals surface area (Å²) in [5.41, 5.74) is 2.69. The zero-order valence-corrected chi connectivity index (χ0v) is 20.0. The lowest BCUT2D eigenvalue weighted by Gasteiger charge is -2.18. The highest BCUT2D eigenvalue weighted by Crippen LogP contribution is 2.37. The van der Waals surface area contributed by atoms with Crippen LogP contribution >= 0.6 is 0 Å². The van der Waals surface area contributed by atoms with Gasteiger partial charge in [-0.15, -0.1) is 0 Å². The van der Waals surface area contributed by atoms with Crippen LogP contribution in [0.2, 0.25) is 0 Å². The van der Waals surface area contributed by atoms with Gasteiger partial charge < -0.3 is 25.4 Å². The molecule has 3 rings (SSSR count). The Morgan fingerprint density at radius 1 is 0.743 bits per heavy atom. The standard InChI is InChI=1S/C27H29N3O5/c1-4-34-24-16-23(30-27(33)20-9-7-6-8-10-20)25(35-5-2)15-22(24)28-17-26(32)29-21-13-11-19(12-14-21)18(3)31/h6-16,28H,4-5,17H2,1-3H3,(H,29,32)(H,30,33).